The van der Waals surface area contributed by atoms with Crippen LogP contribution >= 0.6 is 23.1 Å². The van der Waals surface area contributed by atoms with Gasteiger partial charge in [-0.15, -0.1) is 11.3 Å². The van der Waals surface area contributed by atoms with Gasteiger partial charge < -0.3 is 4.90 Å². The fraction of sp³-hybridized carbons (Fsp3) is 0.458. The molecule has 2 aromatic heterocycles. The van der Waals surface area contributed by atoms with Crippen molar-refractivity contribution < 1.29 is 4.79 Å². The van der Waals surface area contributed by atoms with Crippen molar-refractivity contribution in [1.82, 2.24) is 14.5 Å². The van der Waals surface area contributed by atoms with E-state index in [0.29, 0.717) is 11.7 Å². The highest BCUT2D eigenvalue weighted by Gasteiger charge is 2.28. The number of hydrogen-bond donors (Lipinski definition) is 0. The van der Waals surface area contributed by atoms with Gasteiger partial charge in [-0.3, -0.25) is 14.2 Å². The lowest BCUT2D eigenvalue weighted by molar-refractivity contribution is -0.129. The van der Waals surface area contributed by atoms with Crippen molar-refractivity contribution in [3.05, 3.63) is 56.7 Å². The number of aromatic nitrogens is 2. The summed E-state index contributed by atoms with van der Waals surface area (Å²) >= 11 is 2.98. The fourth-order valence-corrected chi connectivity index (χ4v) is 6.47. The lowest BCUT2D eigenvalue weighted by Gasteiger charge is -2.23. The second kappa shape index (κ2) is 9.17. The van der Waals surface area contributed by atoms with Gasteiger partial charge in [0.1, 0.15) is 4.83 Å². The number of rotatable bonds is 6. The van der Waals surface area contributed by atoms with Gasteiger partial charge in [-0.1, -0.05) is 54.9 Å². The predicted molar refractivity (Wildman–Crippen MR) is 129 cm³/mol. The number of aryl methyl sites for hydroxylation is 2. The molecule has 7 heteroatoms. The Balaban J connectivity index is 1.64. The second-order valence-corrected chi connectivity index (χ2v) is 10.9. The molecule has 1 fully saturated rings. The quantitative estimate of drug-likeness (QED) is 0.372. The minimum absolute atomic E-state index is 0.0414. The standard InChI is InChI=1S/C24H29N3O2S2/c1-15-16(2)30-21-20(15)23(29)27(19-12-8-9-13-19)24(25-21)31-17(3)22(28)26(4)14-18-10-6-5-7-11-18/h5-7,10-11,17,19H,8-9,12-14H2,1-4H3. The van der Waals surface area contributed by atoms with Gasteiger partial charge in [0, 0.05) is 24.5 Å². The molecule has 164 valence electrons. The second-order valence-electron chi connectivity index (χ2n) is 8.41. The molecule has 0 bridgehead atoms. The highest BCUT2D eigenvalue weighted by Crippen LogP contribution is 2.35. The Morgan fingerprint density at radius 3 is 2.61 bits per heavy atom. The third-order valence-corrected chi connectivity index (χ3v) is 8.32. The van der Waals surface area contributed by atoms with E-state index < -0.39 is 0 Å². The summed E-state index contributed by atoms with van der Waals surface area (Å²) in [6.45, 7) is 6.52. The highest BCUT2D eigenvalue weighted by atomic mass is 32.2. The monoisotopic (exact) mass is 455 g/mol. The summed E-state index contributed by atoms with van der Waals surface area (Å²) in [7, 11) is 1.83. The number of nitrogens with zero attached hydrogens (tertiary/aromatic N) is 3. The Morgan fingerprint density at radius 1 is 1.26 bits per heavy atom. The van der Waals surface area contributed by atoms with Gasteiger partial charge in [-0.25, -0.2) is 4.98 Å². The molecular weight excluding hydrogens is 426 g/mol. The first kappa shape index (κ1) is 22.1. The largest absolute Gasteiger partial charge is 0.340 e. The molecule has 1 aliphatic carbocycles. The van der Waals surface area contributed by atoms with Crippen LogP contribution in [0.2, 0.25) is 0 Å². The first-order valence-corrected chi connectivity index (χ1v) is 12.5. The molecular formula is C24H29N3O2S2. The van der Waals surface area contributed by atoms with E-state index in [2.05, 4.69) is 0 Å². The van der Waals surface area contributed by atoms with E-state index in [1.54, 1.807) is 16.2 Å². The number of carbonyl (C=O) groups is 1. The SMILES string of the molecule is Cc1sc2nc(SC(C)C(=O)N(C)Cc3ccccc3)n(C3CCCC3)c(=O)c2c1C. The minimum Gasteiger partial charge on any atom is -0.340 e. The van der Waals surface area contributed by atoms with E-state index in [1.165, 1.54) is 11.8 Å². The minimum atomic E-state index is -0.326. The van der Waals surface area contributed by atoms with Gasteiger partial charge in [0.15, 0.2) is 5.16 Å². The van der Waals surface area contributed by atoms with Gasteiger partial charge in [0.2, 0.25) is 5.91 Å². The number of thiophene rings is 1. The van der Waals surface area contributed by atoms with Crippen LogP contribution in [0, 0.1) is 13.8 Å². The maximum atomic E-state index is 13.5. The molecule has 1 atom stereocenters. The maximum absolute atomic E-state index is 13.5. The molecule has 31 heavy (non-hydrogen) atoms. The van der Waals surface area contributed by atoms with E-state index in [-0.39, 0.29) is 22.8 Å². The molecule has 1 amide bonds. The molecule has 1 aromatic carbocycles. The van der Waals surface area contributed by atoms with Crippen molar-refractivity contribution in [2.45, 2.75) is 69.4 Å². The molecule has 2 heterocycles. The van der Waals surface area contributed by atoms with Gasteiger partial charge in [-0.05, 0) is 44.7 Å². The topological polar surface area (TPSA) is 55.2 Å². The Morgan fingerprint density at radius 2 is 1.94 bits per heavy atom. The first-order valence-electron chi connectivity index (χ1n) is 10.8. The van der Waals surface area contributed by atoms with Crippen LogP contribution in [0.3, 0.4) is 0 Å². The average molecular weight is 456 g/mol. The van der Waals surface area contributed by atoms with E-state index >= 15 is 0 Å². The molecule has 3 aromatic rings. The molecule has 0 saturated heterocycles. The van der Waals surface area contributed by atoms with Crippen LogP contribution in [0.1, 0.15) is 54.7 Å². The molecule has 1 saturated carbocycles. The van der Waals surface area contributed by atoms with E-state index in [0.717, 1.165) is 51.9 Å². The third kappa shape index (κ3) is 4.44. The van der Waals surface area contributed by atoms with Crippen LogP contribution in [0.5, 0.6) is 0 Å². The van der Waals surface area contributed by atoms with Crippen LogP contribution < -0.4 is 5.56 Å². The Labute approximate surface area is 191 Å². The molecule has 1 aliphatic rings. The van der Waals surface area contributed by atoms with Crippen LogP contribution in [0.25, 0.3) is 10.2 Å². The van der Waals surface area contributed by atoms with E-state index in [9.17, 15) is 9.59 Å². The summed E-state index contributed by atoms with van der Waals surface area (Å²) in [6.07, 6.45) is 4.27. The summed E-state index contributed by atoms with van der Waals surface area (Å²) in [5.41, 5.74) is 2.19. The molecule has 0 spiro atoms. The van der Waals surface area contributed by atoms with Crippen LogP contribution in [0.15, 0.2) is 40.3 Å². The molecule has 0 aliphatic heterocycles. The van der Waals surface area contributed by atoms with Crippen molar-refractivity contribution in [3.8, 4) is 0 Å². The molecule has 0 radical (unpaired) electrons. The Kier molecular flexibility index (Phi) is 6.53. The molecule has 0 N–H and O–H groups in total. The van der Waals surface area contributed by atoms with Crippen molar-refractivity contribution in [3.63, 3.8) is 0 Å². The third-order valence-electron chi connectivity index (χ3n) is 6.16. The lowest BCUT2D eigenvalue weighted by Crippen LogP contribution is -2.34. The first-order chi connectivity index (χ1) is 14.9. The van der Waals surface area contributed by atoms with Crippen molar-refractivity contribution in [2.75, 3.05) is 7.05 Å². The number of hydrogen-bond acceptors (Lipinski definition) is 5. The number of thioether (sulfide) groups is 1. The lowest BCUT2D eigenvalue weighted by atomic mass is 10.2. The zero-order valence-electron chi connectivity index (χ0n) is 18.6. The summed E-state index contributed by atoms with van der Waals surface area (Å²) < 4.78 is 1.89. The van der Waals surface area contributed by atoms with Gasteiger partial charge in [0.05, 0.1) is 10.6 Å². The number of fused-ring (bicyclic) bond motifs is 1. The molecule has 1 unspecified atom stereocenters. The summed E-state index contributed by atoms with van der Waals surface area (Å²) in [5, 5.41) is 1.10. The summed E-state index contributed by atoms with van der Waals surface area (Å²) in [4.78, 5) is 35.2. The normalized spacial score (nSPS) is 15.5. The van der Waals surface area contributed by atoms with E-state index in [4.69, 9.17) is 4.98 Å². The fourth-order valence-electron chi connectivity index (χ4n) is 4.31. The summed E-state index contributed by atoms with van der Waals surface area (Å²) in [6, 6.07) is 10.2. The Bertz CT molecular complexity index is 1150. The van der Waals surface area contributed by atoms with Gasteiger partial charge in [0.25, 0.3) is 5.56 Å². The van der Waals surface area contributed by atoms with E-state index in [1.807, 2.05) is 62.7 Å². The maximum Gasteiger partial charge on any atom is 0.263 e. The van der Waals surface area contributed by atoms with Crippen molar-refractivity contribution in [2.24, 2.45) is 0 Å². The zero-order chi connectivity index (χ0) is 22.1. The van der Waals surface area contributed by atoms with Crippen LogP contribution in [-0.4, -0.2) is 32.7 Å². The van der Waals surface area contributed by atoms with Crippen LogP contribution in [0.4, 0.5) is 0 Å². The van der Waals surface area contributed by atoms with Crippen LogP contribution in [-0.2, 0) is 11.3 Å². The number of carbonyl (C=O) groups excluding carboxylic acids is 1. The number of amides is 1. The van der Waals surface area contributed by atoms with Gasteiger partial charge >= 0.3 is 0 Å². The van der Waals surface area contributed by atoms with Gasteiger partial charge in [-0.2, -0.15) is 0 Å². The summed E-state index contributed by atoms with van der Waals surface area (Å²) in [5.74, 6) is 0.0414. The van der Waals surface area contributed by atoms with Crippen molar-refractivity contribution in [1.29, 1.82) is 0 Å². The highest BCUT2D eigenvalue weighted by molar-refractivity contribution is 8.00. The molecule has 5 nitrogen and oxygen atoms in total. The number of benzene rings is 1. The molecule has 4 rings (SSSR count). The average Bonchev–Trinajstić information content (AvgIpc) is 3.36. The zero-order valence-corrected chi connectivity index (χ0v) is 20.2. The predicted octanol–water partition coefficient (Wildman–Crippen LogP) is 5.33. The van der Waals surface area contributed by atoms with Crippen molar-refractivity contribution >= 4 is 39.2 Å². The smallest absolute Gasteiger partial charge is 0.263 e. The Hall–Kier alpha value is -2.12.